The molecule has 0 radical (unpaired) electrons. The number of hydrogen-bond donors (Lipinski definition) is 1. The molecular formula is C7H16ClN. The van der Waals surface area contributed by atoms with Gasteiger partial charge in [-0.05, 0) is 23.8 Å². The molecule has 56 valence electrons. The Labute approximate surface area is 63.4 Å². The zero-order valence-electron chi connectivity index (χ0n) is 6.40. The minimum Gasteiger partial charge on any atom is -0.330 e. The Morgan fingerprint density at radius 2 is 1.67 bits per heavy atom. The maximum absolute atomic E-state index is 5.54. The van der Waals surface area contributed by atoms with Gasteiger partial charge in [-0.2, -0.15) is 0 Å². The zero-order chi connectivity index (χ0) is 6.41. The van der Waals surface area contributed by atoms with Crippen molar-refractivity contribution in [3.05, 3.63) is 0 Å². The molecular weight excluding hydrogens is 134 g/mol. The molecule has 2 N–H and O–H groups in total. The standard InChI is InChI=1S/C7H15N.ClH/c1-6(2)4-7(6,3)5-8;/h4-5,8H2,1-3H3;1H. The van der Waals surface area contributed by atoms with E-state index in [0.29, 0.717) is 10.8 Å². The highest BCUT2D eigenvalue weighted by atomic mass is 35.5. The van der Waals surface area contributed by atoms with E-state index in [1.807, 2.05) is 0 Å². The fourth-order valence-corrected chi connectivity index (χ4v) is 1.28. The van der Waals surface area contributed by atoms with Crippen LogP contribution >= 0.6 is 12.4 Å². The third-order valence-electron chi connectivity index (χ3n) is 2.79. The zero-order valence-corrected chi connectivity index (χ0v) is 7.22. The topological polar surface area (TPSA) is 26.0 Å². The SMILES string of the molecule is CC1(C)CC1(C)CN.Cl. The molecule has 0 heterocycles. The first-order chi connectivity index (χ1) is 3.52. The van der Waals surface area contributed by atoms with Crippen molar-refractivity contribution in [2.75, 3.05) is 6.54 Å². The van der Waals surface area contributed by atoms with Crippen LogP contribution in [0.1, 0.15) is 27.2 Å². The molecule has 0 aromatic rings. The summed E-state index contributed by atoms with van der Waals surface area (Å²) in [6.07, 6.45) is 1.30. The normalized spacial score (nSPS) is 37.3. The van der Waals surface area contributed by atoms with Crippen LogP contribution in [0.15, 0.2) is 0 Å². The second-order valence-corrected chi connectivity index (χ2v) is 3.83. The predicted octanol–water partition coefficient (Wildman–Crippen LogP) is 1.80. The van der Waals surface area contributed by atoms with E-state index < -0.39 is 0 Å². The third kappa shape index (κ3) is 1.22. The lowest BCUT2D eigenvalue weighted by atomic mass is 9.99. The first kappa shape index (κ1) is 9.25. The van der Waals surface area contributed by atoms with Gasteiger partial charge in [0.15, 0.2) is 0 Å². The molecule has 0 bridgehead atoms. The van der Waals surface area contributed by atoms with Gasteiger partial charge in [-0.3, -0.25) is 0 Å². The van der Waals surface area contributed by atoms with Crippen LogP contribution in [0, 0.1) is 10.8 Å². The first-order valence-corrected chi connectivity index (χ1v) is 3.22. The smallest absolute Gasteiger partial charge is 0.00179 e. The molecule has 0 amide bonds. The van der Waals surface area contributed by atoms with Gasteiger partial charge in [0.1, 0.15) is 0 Å². The van der Waals surface area contributed by atoms with Crippen LogP contribution in [0.3, 0.4) is 0 Å². The van der Waals surface area contributed by atoms with Crippen molar-refractivity contribution in [1.82, 2.24) is 0 Å². The van der Waals surface area contributed by atoms with Crippen LogP contribution in [-0.2, 0) is 0 Å². The highest BCUT2D eigenvalue weighted by Gasteiger charge is 2.55. The van der Waals surface area contributed by atoms with Crippen molar-refractivity contribution in [1.29, 1.82) is 0 Å². The largest absolute Gasteiger partial charge is 0.330 e. The van der Waals surface area contributed by atoms with Gasteiger partial charge in [-0.15, -0.1) is 12.4 Å². The van der Waals surface area contributed by atoms with Crippen molar-refractivity contribution < 1.29 is 0 Å². The van der Waals surface area contributed by atoms with Gasteiger partial charge in [0, 0.05) is 0 Å². The molecule has 1 atom stereocenters. The van der Waals surface area contributed by atoms with Crippen molar-refractivity contribution in [2.24, 2.45) is 16.6 Å². The van der Waals surface area contributed by atoms with E-state index in [0.717, 1.165) is 6.54 Å². The van der Waals surface area contributed by atoms with E-state index in [1.54, 1.807) is 0 Å². The molecule has 2 heteroatoms. The van der Waals surface area contributed by atoms with E-state index in [-0.39, 0.29) is 12.4 Å². The average molecular weight is 150 g/mol. The Morgan fingerprint density at radius 3 is 1.67 bits per heavy atom. The molecule has 0 saturated heterocycles. The molecule has 9 heavy (non-hydrogen) atoms. The van der Waals surface area contributed by atoms with Crippen molar-refractivity contribution >= 4 is 12.4 Å². The monoisotopic (exact) mass is 149 g/mol. The third-order valence-corrected chi connectivity index (χ3v) is 2.79. The maximum Gasteiger partial charge on any atom is -0.00179 e. The van der Waals surface area contributed by atoms with Crippen LogP contribution in [0.25, 0.3) is 0 Å². The quantitative estimate of drug-likeness (QED) is 0.605. The summed E-state index contributed by atoms with van der Waals surface area (Å²) in [4.78, 5) is 0. The van der Waals surface area contributed by atoms with Gasteiger partial charge in [0.2, 0.25) is 0 Å². The van der Waals surface area contributed by atoms with Crippen LogP contribution in [-0.4, -0.2) is 6.54 Å². The number of hydrogen-bond acceptors (Lipinski definition) is 1. The Kier molecular flexibility index (Phi) is 2.19. The van der Waals surface area contributed by atoms with Crippen molar-refractivity contribution in [3.8, 4) is 0 Å². The van der Waals surface area contributed by atoms with E-state index in [1.165, 1.54) is 6.42 Å². The summed E-state index contributed by atoms with van der Waals surface area (Å²) in [6.45, 7) is 7.66. The van der Waals surface area contributed by atoms with Crippen molar-refractivity contribution in [2.45, 2.75) is 27.2 Å². The second kappa shape index (κ2) is 2.14. The van der Waals surface area contributed by atoms with Crippen molar-refractivity contribution in [3.63, 3.8) is 0 Å². The van der Waals surface area contributed by atoms with E-state index in [9.17, 15) is 0 Å². The molecule has 1 unspecified atom stereocenters. The van der Waals surface area contributed by atoms with E-state index in [4.69, 9.17) is 5.73 Å². The number of halogens is 1. The lowest BCUT2D eigenvalue weighted by molar-refractivity contribution is 0.429. The van der Waals surface area contributed by atoms with Gasteiger partial charge >= 0.3 is 0 Å². The molecule has 0 aromatic carbocycles. The molecule has 1 rings (SSSR count). The molecule has 1 aliphatic rings. The fourth-order valence-electron chi connectivity index (χ4n) is 1.28. The Morgan fingerprint density at radius 1 is 1.33 bits per heavy atom. The lowest BCUT2D eigenvalue weighted by Gasteiger charge is -2.09. The van der Waals surface area contributed by atoms with Gasteiger partial charge < -0.3 is 5.73 Å². The highest BCUT2D eigenvalue weighted by molar-refractivity contribution is 5.85. The minimum absolute atomic E-state index is 0. The number of rotatable bonds is 1. The maximum atomic E-state index is 5.54. The summed E-state index contributed by atoms with van der Waals surface area (Å²) in [5.41, 5.74) is 6.54. The summed E-state index contributed by atoms with van der Waals surface area (Å²) >= 11 is 0. The Hall–Kier alpha value is 0.250. The van der Waals surface area contributed by atoms with Crippen LogP contribution in [0.2, 0.25) is 0 Å². The Balaban J connectivity index is 0.000000640. The van der Waals surface area contributed by atoms with E-state index >= 15 is 0 Å². The van der Waals surface area contributed by atoms with Crippen LogP contribution < -0.4 is 5.73 Å². The fraction of sp³-hybridized carbons (Fsp3) is 1.00. The summed E-state index contributed by atoms with van der Waals surface area (Å²) < 4.78 is 0. The predicted molar refractivity (Wildman–Crippen MR) is 42.8 cm³/mol. The summed E-state index contributed by atoms with van der Waals surface area (Å²) in [5, 5.41) is 0. The van der Waals surface area contributed by atoms with E-state index in [2.05, 4.69) is 20.8 Å². The van der Waals surface area contributed by atoms with Gasteiger partial charge in [0.05, 0.1) is 0 Å². The minimum atomic E-state index is 0. The van der Waals surface area contributed by atoms with Gasteiger partial charge in [-0.1, -0.05) is 20.8 Å². The summed E-state index contributed by atoms with van der Waals surface area (Å²) in [5.74, 6) is 0. The Bertz CT molecular complexity index is 111. The second-order valence-electron chi connectivity index (χ2n) is 3.83. The summed E-state index contributed by atoms with van der Waals surface area (Å²) in [7, 11) is 0. The lowest BCUT2D eigenvalue weighted by Crippen LogP contribution is -2.16. The molecule has 1 saturated carbocycles. The molecule has 1 nitrogen and oxygen atoms in total. The van der Waals surface area contributed by atoms with Crippen LogP contribution in [0.4, 0.5) is 0 Å². The van der Waals surface area contributed by atoms with Crippen LogP contribution in [0.5, 0.6) is 0 Å². The molecule has 0 aliphatic heterocycles. The van der Waals surface area contributed by atoms with Gasteiger partial charge in [-0.25, -0.2) is 0 Å². The molecule has 0 spiro atoms. The first-order valence-electron chi connectivity index (χ1n) is 3.22. The average Bonchev–Trinajstić information content (AvgIpc) is 2.10. The highest BCUT2D eigenvalue weighted by Crippen LogP contribution is 2.62. The summed E-state index contributed by atoms with van der Waals surface area (Å²) in [6, 6.07) is 0. The number of nitrogens with two attached hydrogens (primary N) is 1. The van der Waals surface area contributed by atoms with Gasteiger partial charge in [0.25, 0.3) is 0 Å². The molecule has 1 aliphatic carbocycles. The molecule has 0 aromatic heterocycles. The molecule has 1 fully saturated rings.